The SMILES string of the molecule is COc1cc(C)c(S)c(C)c1.Cc1[nH]ncc1CN1CCN(C(=O)c2coc(CNC3CC3)n2)CC1. The molecule has 5 rings (SSSR count). The number of oxazole rings is 1. The van der Waals surface area contributed by atoms with Crippen molar-refractivity contribution in [3.63, 3.8) is 0 Å². The lowest BCUT2D eigenvalue weighted by molar-refractivity contribution is 0.0622. The van der Waals surface area contributed by atoms with Gasteiger partial charge in [0.1, 0.15) is 12.0 Å². The summed E-state index contributed by atoms with van der Waals surface area (Å²) in [5, 5.41) is 10.4. The molecule has 0 spiro atoms. The van der Waals surface area contributed by atoms with Crippen molar-refractivity contribution in [1.82, 2.24) is 30.3 Å². The molecule has 36 heavy (non-hydrogen) atoms. The third-order valence-corrected chi connectivity index (χ3v) is 7.28. The Balaban J connectivity index is 0.000000233. The number of carbonyl (C=O) groups excluding carboxylic acids is 1. The number of hydrogen-bond acceptors (Lipinski definition) is 8. The zero-order chi connectivity index (χ0) is 25.7. The maximum atomic E-state index is 12.6. The zero-order valence-corrected chi connectivity index (χ0v) is 22.4. The van der Waals surface area contributed by atoms with Gasteiger partial charge < -0.3 is 19.4 Å². The van der Waals surface area contributed by atoms with E-state index < -0.39 is 0 Å². The van der Waals surface area contributed by atoms with Gasteiger partial charge in [-0.1, -0.05) is 0 Å². The number of ether oxygens (including phenoxy) is 1. The van der Waals surface area contributed by atoms with E-state index in [2.05, 4.69) is 38.0 Å². The van der Waals surface area contributed by atoms with Crippen molar-refractivity contribution in [2.75, 3.05) is 33.3 Å². The normalized spacial score (nSPS) is 16.0. The molecule has 10 heteroatoms. The van der Waals surface area contributed by atoms with Gasteiger partial charge in [0.05, 0.1) is 19.9 Å². The number of methoxy groups -OCH3 is 1. The van der Waals surface area contributed by atoms with Crippen molar-refractivity contribution in [2.24, 2.45) is 0 Å². The number of nitrogens with one attached hydrogen (secondary N) is 2. The molecule has 1 aromatic carbocycles. The molecule has 0 radical (unpaired) electrons. The quantitative estimate of drug-likeness (QED) is 0.417. The Morgan fingerprint density at radius 1 is 1.19 bits per heavy atom. The van der Waals surface area contributed by atoms with Gasteiger partial charge >= 0.3 is 0 Å². The monoisotopic (exact) mass is 512 g/mol. The number of benzene rings is 1. The number of thiol groups is 1. The predicted molar refractivity (Wildman–Crippen MR) is 141 cm³/mol. The van der Waals surface area contributed by atoms with E-state index in [0.29, 0.717) is 37.3 Å². The van der Waals surface area contributed by atoms with E-state index >= 15 is 0 Å². The molecule has 2 N–H and O–H groups in total. The van der Waals surface area contributed by atoms with E-state index in [1.165, 1.54) is 24.7 Å². The molecule has 0 atom stereocenters. The first-order valence-electron chi connectivity index (χ1n) is 12.4. The summed E-state index contributed by atoms with van der Waals surface area (Å²) < 4.78 is 10.5. The smallest absolute Gasteiger partial charge is 0.275 e. The molecular formula is C26H36N6O3S. The lowest BCUT2D eigenvalue weighted by atomic mass is 10.1. The molecule has 3 heterocycles. The summed E-state index contributed by atoms with van der Waals surface area (Å²) in [6, 6.07) is 4.56. The van der Waals surface area contributed by atoms with Crippen LogP contribution in [0.2, 0.25) is 0 Å². The van der Waals surface area contributed by atoms with E-state index in [0.717, 1.165) is 47.1 Å². The Morgan fingerprint density at radius 3 is 2.47 bits per heavy atom. The summed E-state index contributed by atoms with van der Waals surface area (Å²) in [7, 11) is 1.67. The molecule has 3 aromatic rings. The van der Waals surface area contributed by atoms with Crippen LogP contribution in [0, 0.1) is 20.8 Å². The molecule has 9 nitrogen and oxygen atoms in total. The minimum atomic E-state index is -0.0411. The fourth-order valence-corrected chi connectivity index (χ4v) is 4.22. The Morgan fingerprint density at radius 2 is 1.89 bits per heavy atom. The summed E-state index contributed by atoms with van der Waals surface area (Å²) >= 11 is 4.34. The van der Waals surface area contributed by atoms with Crippen LogP contribution >= 0.6 is 12.6 Å². The van der Waals surface area contributed by atoms with Crippen LogP contribution in [-0.2, 0) is 13.1 Å². The van der Waals surface area contributed by atoms with E-state index in [4.69, 9.17) is 9.15 Å². The summed E-state index contributed by atoms with van der Waals surface area (Å²) in [4.78, 5) is 22.2. The number of H-pyrrole nitrogens is 1. The highest BCUT2D eigenvalue weighted by molar-refractivity contribution is 7.80. The molecule has 1 aliphatic heterocycles. The molecule has 1 saturated heterocycles. The highest BCUT2D eigenvalue weighted by Crippen LogP contribution is 2.24. The van der Waals surface area contributed by atoms with Crippen LogP contribution in [0.1, 0.15) is 51.6 Å². The molecule has 1 amide bonds. The number of piperazine rings is 1. The largest absolute Gasteiger partial charge is 0.497 e. The minimum Gasteiger partial charge on any atom is -0.497 e. The summed E-state index contributed by atoms with van der Waals surface area (Å²) in [6.07, 6.45) is 5.79. The average molecular weight is 513 g/mol. The van der Waals surface area contributed by atoms with E-state index in [-0.39, 0.29) is 5.91 Å². The number of rotatable bonds is 7. The first-order valence-corrected chi connectivity index (χ1v) is 12.8. The molecule has 2 aromatic heterocycles. The second kappa shape index (κ2) is 11.9. The first-order chi connectivity index (χ1) is 17.3. The van der Waals surface area contributed by atoms with Crippen molar-refractivity contribution < 1.29 is 13.9 Å². The van der Waals surface area contributed by atoms with Gasteiger partial charge in [-0.2, -0.15) is 5.10 Å². The van der Waals surface area contributed by atoms with Gasteiger partial charge in [0.2, 0.25) is 5.89 Å². The molecule has 0 bridgehead atoms. The van der Waals surface area contributed by atoms with Crippen molar-refractivity contribution in [3.8, 4) is 5.75 Å². The fourth-order valence-electron chi connectivity index (χ4n) is 4.09. The molecule has 1 aliphatic carbocycles. The average Bonchev–Trinajstić information content (AvgIpc) is 3.45. The Bertz CT molecular complexity index is 1140. The minimum absolute atomic E-state index is 0.0411. The maximum Gasteiger partial charge on any atom is 0.275 e. The second-order valence-electron chi connectivity index (χ2n) is 9.48. The zero-order valence-electron chi connectivity index (χ0n) is 21.5. The van der Waals surface area contributed by atoms with Crippen LogP contribution in [0.5, 0.6) is 5.75 Å². The second-order valence-corrected chi connectivity index (χ2v) is 9.93. The van der Waals surface area contributed by atoms with Crippen molar-refractivity contribution in [1.29, 1.82) is 0 Å². The fraction of sp³-hybridized carbons (Fsp3) is 0.500. The molecule has 194 valence electrons. The third-order valence-electron chi connectivity index (χ3n) is 6.58. The van der Waals surface area contributed by atoms with Gasteiger partial charge in [0.15, 0.2) is 5.69 Å². The Kier molecular flexibility index (Phi) is 8.71. The molecule has 1 saturated carbocycles. The number of aromatic nitrogens is 3. The Labute approximate surface area is 218 Å². The lowest BCUT2D eigenvalue weighted by Crippen LogP contribution is -2.48. The number of hydrogen-bond donors (Lipinski definition) is 3. The van der Waals surface area contributed by atoms with Crippen LogP contribution in [0.3, 0.4) is 0 Å². The molecule has 2 aliphatic rings. The summed E-state index contributed by atoms with van der Waals surface area (Å²) in [5.74, 6) is 1.45. The van der Waals surface area contributed by atoms with Gasteiger partial charge in [0, 0.05) is 54.9 Å². The first kappa shape index (κ1) is 26.2. The van der Waals surface area contributed by atoms with Crippen molar-refractivity contribution in [2.45, 2.75) is 57.6 Å². The van der Waals surface area contributed by atoms with E-state index in [1.54, 1.807) is 7.11 Å². The van der Waals surface area contributed by atoms with Crippen molar-refractivity contribution >= 4 is 18.5 Å². The van der Waals surface area contributed by atoms with Gasteiger partial charge in [-0.15, -0.1) is 12.6 Å². The lowest BCUT2D eigenvalue weighted by Gasteiger charge is -2.34. The van der Waals surface area contributed by atoms with Gasteiger partial charge in [0.25, 0.3) is 5.91 Å². The summed E-state index contributed by atoms with van der Waals surface area (Å²) in [5.41, 5.74) is 5.04. The van der Waals surface area contributed by atoms with Crippen LogP contribution < -0.4 is 10.1 Å². The number of amides is 1. The van der Waals surface area contributed by atoms with Crippen LogP contribution in [-0.4, -0.2) is 70.2 Å². The van der Waals surface area contributed by atoms with Crippen LogP contribution in [0.25, 0.3) is 0 Å². The highest BCUT2D eigenvalue weighted by Gasteiger charge is 2.25. The number of aromatic amines is 1. The number of carbonyl (C=O) groups is 1. The van der Waals surface area contributed by atoms with E-state index in [1.807, 2.05) is 44.0 Å². The number of nitrogens with zero attached hydrogens (tertiary/aromatic N) is 4. The third kappa shape index (κ3) is 6.89. The standard InChI is InChI=1S/C17H24N6O2.C9H12OS/c1-12-13(8-19-21-12)10-22-4-6-23(7-5-22)17(24)15-11-25-16(20-15)9-18-14-2-3-14;1-6-4-8(10-3)5-7(2)9(6)11/h8,11,14,18H,2-7,9-10H2,1H3,(H,19,21);4-5,11H,1-3H3. The highest BCUT2D eigenvalue weighted by atomic mass is 32.1. The topological polar surface area (TPSA) is 99.5 Å². The Hall–Kier alpha value is -2.82. The maximum absolute atomic E-state index is 12.6. The summed E-state index contributed by atoms with van der Waals surface area (Å²) in [6.45, 7) is 10.7. The molecule has 2 fully saturated rings. The number of aryl methyl sites for hydroxylation is 3. The van der Waals surface area contributed by atoms with Gasteiger partial charge in [-0.25, -0.2) is 4.98 Å². The van der Waals surface area contributed by atoms with Crippen LogP contribution in [0.15, 0.2) is 33.9 Å². The van der Waals surface area contributed by atoms with Crippen LogP contribution in [0.4, 0.5) is 0 Å². The predicted octanol–water partition coefficient (Wildman–Crippen LogP) is 3.52. The molecular weight excluding hydrogens is 476 g/mol. The van der Waals surface area contributed by atoms with Crippen molar-refractivity contribution in [3.05, 3.63) is 58.6 Å². The molecule has 0 unspecified atom stereocenters. The van der Waals surface area contributed by atoms with E-state index in [9.17, 15) is 4.79 Å². The van der Waals surface area contributed by atoms with Gasteiger partial charge in [-0.3, -0.25) is 14.8 Å². The van der Waals surface area contributed by atoms with Gasteiger partial charge in [-0.05, 0) is 56.9 Å².